The summed E-state index contributed by atoms with van der Waals surface area (Å²) in [5.41, 5.74) is 0.723. The first-order valence-electron chi connectivity index (χ1n) is 7.17. The summed E-state index contributed by atoms with van der Waals surface area (Å²) in [5.74, 6) is -0.993. The van der Waals surface area contributed by atoms with Gasteiger partial charge in [0.2, 0.25) is 5.78 Å². The molecule has 0 spiro atoms. The number of carbonyl (C=O) groups excluding carboxylic acids is 1. The molecule has 0 unspecified atom stereocenters. The average Bonchev–Trinajstić information content (AvgIpc) is 3.02. The Balaban J connectivity index is 2.03. The molecule has 0 amide bonds. The molecule has 7 heteroatoms. The number of nitriles is 1. The zero-order valence-corrected chi connectivity index (χ0v) is 12.7. The minimum absolute atomic E-state index is 0.138. The standard InChI is InChI=1S/C18H10FN3O3/c19-13-4-5-15-16(10-21-17(15)8-13)18(23)12(9-20)6-11-2-1-3-14(7-11)22(24)25/h1-8,10,21H. The summed E-state index contributed by atoms with van der Waals surface area (Å²) >= 11 is 0. The molecule has 0 saturated heterocycles. The minimum Gasteiger partial charge on any atom is -0.360 e. The van der Waals surface area contributed by atoms with Crippen molar-refractivity contribution in [3.8, 4) is 6.07 Å². The van der Waals surface area contributed by atoms with Crippen molar-refractivity contribution in [2.24, 2.45) is 0 Å². The lowest BCUT2D eigenvalue weighted by Crippen LogP contribution is -2.01. The molecule has 0 fully saturated rings. The van der Waals surface area contributed by atoms with E-state index in [0.717, 1.165) is 0 Å². The van der Waals surface area contributed by atoms with Gasteiger partial charge in [0.25, 0.3) is 5.69 Å². The Morgan fingerprint density at radius 2 is 2.08 bits per heavy atom. The van der Waals surface area contributed by atoms with Crippen LogP contribution in [0, 0.1) is 27.3 Å². The number of Topliss-reactive ketones (excluding diaryl/α,β-unsaturated/α-hetero) is 1. The summed E-state index contributed by atoms with van der Waals surface area (Å²) in [7, 11) is 0. The molecule has 0 aliphatic rings. The first-order valence-corrected chi connectivity index (χ1v) is 7.17. The number of halogens is 1. The molecule has 1 heterocycles. The molecule has 0 radical (unpaired) electrons. The Hall–Kier alpha value is -3.79. The van der Waals surface area contributed by atoms with E-state index >= 15 is 0 Å². The van der Waals surface area contributed by atoms with Gasteiger partial charge >= 0.3 is 0 Å². The van der Waals surface area contributed by atoms with Gasteiger partial charge in [-0.2, -0.15) is 5.26 Å². The molecule has 1 aromatic heterocycles. The van der Waals surface area contributed by atoms with Crippen LogP contribution in [0.15, 0.2) is 54.2 Å². The van der Waals surface area contributed by atoms with E-state index < -0.39 is 16.5 Å². The van der Waals surface area contributed by atoms with Gasteiger partial charge in [-0.05, 0) is 29.8 Å². The number of carbonyl (C=O) groups is 1. The highest BCUT2D eigenvalue weighted by Gasteiger charge is 2.17. The van der Waals surface area contributed by atoms with Crippen molar-refractivity contribution < 1.29 is 14.1 Å². The van der Waals surface area contributed by atoms with Crippen molar-refractivity contribution in [3.63, 3.8) is 0 Å². The van der Waals surface area contributed by atoms with Crippen molar-refractivity contribution in [3.05, 3.63) is 81.3 Å². The number of hydrogen-bond acceptors (Lipinski definition) is 4. The maximum Gasteiger partial charge on any atom is 0.270 e. The zero-order chi connectivity index (χ0) is 18.0. The fourth-order valence-electron chi connectivity index (χ4n) is 2.47. The van der Waals surface area contributed by atoms with E-state index in [-0.39, 0.29) is 16.8 Å². The number of rotatable bonds is 4. The number of nitrogens with one attached hydrogen (secondary N) is 1. The number of aromatic nitrogens is 1. The Bertz CT molecular complexity index is 1080. The number of H-pyrrole nitrogens is 1. The third kappa shape index (κ3) is 3.14. The molecule has 0 aliphatic heterocycles. The van der Waals surface area contributed by atoms with E-state index in [9.17, 15) is 24.6 Å². The van der Waals surface area contributed by atoms with E-state index in [1.807, 2.05) is 6.07 Å². The SMILES string of the molecule is N#CC(=Cc1cccc([N+](=O)[O-])c1)C(=O)c1c[nH]c2cc(F)ccc12. The van der Waals surface area contributed by atoms with Crippen molar-refractivity contribution in [2.45, 2.75) is 0 Å². The second-order valence-electron chi connectivity index (χ2n) is 5.24. The van der Waals surface area contributed by atoms with Crippen LogP contribution in [0.25, 0.3) is 17.0 Å². The molecule has 122 valence electrons. The van der Waals surface area contributed by atoms with Gasteiger partial charge in [-0.3, -0.25) is 14.9 Å². The van der Waals surface area contributed by atoms with Gasteiger partial charge in [0.15, 0.2) is 0 Å². The summed E-state index contributed by atoms with van der Waals surface area (Å²) in [6, 6.07) is 11.4. The van der Waals surface area contributed by atoms with Crippen molar-refractivity contribution in [1.29, 1.82) is 5.26 Å². The van der Waals surface area contributed by atoms with Gasteiger partial charge in [-0.1, -0.05) is 12.1 Å². The van der Waals surface area contributed by atoms with Crippen LogP contribution in [0.5, 0.6) is 0 Å². The molecule has 0 bridgehead atoms. The van der Waals surface area contributed by atoms with Crippen molar-refractivity contribution in [1.82, 2.24) is 4.98 Å². The summed E-state index contributed by atoms with van der Waals surface area (Å²) < 4.78 is 13.2. The number of nitro benzene ring substituents is 1. The molecule has 3 rings (SSSR count). The summed E-state index contributed by atoms with van der Waals surface area (Å²) in [6.07, 6.45) is 2.70. The van der Waals surface area contributed by atoms with E-state index in [1.54, 1.807) is 6.07 Å². The molecule has 3 aromatic rings. The Morgan fingerprint density at radius 3 is 2.80 bits per heavy atom. The number of allylic oxidation sites excluding steroid dienone is 1. The Labute approximate surface area is 141 Å². The second-order valence-corrected chi connectivity index (χ2v) is 5.24. The normalized spacial score (nSPS) is 11.3. The first kappa shape index (κ1) is 16.1. The van der Waals surface area contributed by atoms with Gasteiger partial charge in [0, 0.05) is 34.8 Å². The molecule has 25 heavy (non-hydrogen) atoms. The van der Waals surface area contributed by atoms with Gasteiger partial charge < -0.3 is 4.98 Å². The van der Waals surface area contributed by atoms with Crippen LogP contribution in [0.2, 0.25) is 0 Å². The predicted molar refractivity (Wildman–Crippen MR) is 89.3 cm³/mol. The molecule has 0 saturated carbocycles. The van der Waals surface area contributed by atoms with Gasteiger partial charge in [-0.25, -0.2) is 4.39 Å². The third-order valence-electron chi connectivity index (χ3n) is 3.65. The number of hydrogen-bond donors (Lipinski definition) is 1. The fraction of sp³-hybridized carbons (Fsp3) is 0. The first-order chi connectivity index (χ1) is 12.0. The minimum atomic E-state index is -0.556. The number of fused-ring (bicyclic) bond motifs is 1. The largest absolute Gasteiger partial charge is 0.360 e. The van der Waals surface area contributed by atoms with Crippen molar-refractivity contribution >= 4 is 28.4 Å². The second kappa shape index (κ2) is 6.37. The maximum absolute atomic E-state index is 13.2. The molecular formula is C18H10FN3O3. The number of aromatic amines is 1. The van der Waals surface area contributed by atoms with E-state index in [1.165, 1.54) is 48.7 Å². The molecule has 0 aliphatic carbocycles. The highest BCUT2D eigenvalue weighted by Crippen LogP contribution is 2.23. The van der Waals surface area contributed by atoms with E-state index in [4.69, 9.17) is 0 Å². The van der Waals surface area contributed by atoms with E-state index in [2.05, 4.69) is 4.98 Å². The Kier molecular flexibility index (Phi) is 4.10. The van der Waals surface area contributed by atoms with Gasteiger partial charge in [-0.15, -0.1) is 0 Å². The topological polar surface area (TPSA) is 99.8 Å². The average molecular weight is 335 g/mol. The zero-order valence-electron chi connectivity index (χ0n) is 12.7. The number of nitro groups is 1. The monoisotopic (exact) mass is 335 g/mol. The quantitative estimate of drug-likeness (QED) is 0.256. The third-order valence-corrected chi connectivity index (χ3v) is 3.65. The van der Waals surface area contributed by atoms with Crippen LogP contribution in [0.3, 0.4) is 0 Å². The Morgan fingerprint density at radius 1 is 1.28 bits per heavy atom. The number of nitrogens with zero attached hydrogens (tertiary/aromatic N) is 2. The van der Waals surface area contributed by atoms with E-state index in [0.29, 0.717) is 16.5 Å². The van der Waals surface area contributed by atoms with Gasteiger partial charge in [0.1, 0.15) is 17.5 Å². The smallest absolute Gasteiger partial charge is 0.270 e. The highest BCUT2D eigenvalue weighted by molar-refractivity contribution is 6.19. The lowest BCUT2D eigenvalue weighted by Gasteiger charge is -1.99. The van der Waals surface area contributed by atoms with Crippen LogP contribution < -0.4 is 0 Å². The van der Waals surface area contributed by atoms with Crippen LogP contribution in [-0.2, 0) is 0 Å². The number of non-ortho nitro benzene ring substituents is 1. The summed E-state index contributed by atoms with van der Waals surface area (Å²) in [4.78, 5) is 25.7. The van der Waals surface area contributed by atoms with Crippen molar-refractivity contribution in [2.75, 3.05) is 0 Å². The molecule has 0 atom stereocenters. The van der Waals surface area contributed by atoms with Gasteiger partial charge in [0.05, 0.1) is 4.92 Å². The highest BCUT2D eigenvalue weighted by atomic mass is 19.1. The summed E-state index contributed by atoms with van der Waals surface area (Å²) in [6.45, 7) is 0. The van der Waals surface area contributed by atoms with Crippen LogP contribution in [-0.4, -0.2) is 15.7 Å². The lowest BCUT2D eigenvalue weighted by atomic mass is 10.0. The molecule has 6 nitrogen and oxygen atoms in total. The predicted octanol–water partition coefficient (Wildman–Crippen LogP) is 4.01. The maximum atomic E-state index is 13.2. The summed E-state index contributed by atoms with van der Waals surface area (Å²) in [5, 5.41) is 20.6. The fourth-order valence-corrected chi connectivity index (χ4v) is 2.47. The van der Waals surface area contributed by atoms with Crippen LogP contribution >= 0.6 is 0 Å². The molecular weight excluding hydrogens is 325 g/mol. The molecule has 1 N–H and O–H groups in total. The lowest BCUT2D eigenvalue weighted by molar-refractivity contribution is -0.384. The van der Waals surface area contributed by atoms with Crippen LogP contribution in [0.4, 0.5) is 10.1 Å². The number of ketones is 1. The number of benzene rings is 2. The van der Waals surface area contributed by atoms with Crippen LogP contribution in [0.1, 0.15) is 15.9 Å². The molecule has 2 aromatic carbocycles.